The fourth-order valence-electron chi connectivity index (χ4n) is 3.05. The van der Waals surface area contributed by atoms with E-state index in [9.17, 15) is 14.7 Å². The second-order valence-corrected chi connectivity index (χ2v) is 8.84. The lowest BCUT2D eigenvalue weighted by Crippen LogP contribution is -2.53. The van der Waals surface area contributed by atoms with E-state index in [4.69, 9.17) is 38.6 Å². The molecule has 0 aliphatic carbocycles. The summed E-state index contributed by atoms with van der Waals surface area (Å²) in [6.45, 7) is 5.23. The van der Waals surface area contributed by atoms with E-state index in [0.29, 0.717) is 27.6 Å². The van der Waals surface area contributed by atoms with Crippen molar-refractivity contribution in [2.45, 2.75) is 38.6 Å². The van der Waals surface area contributed by atoms with Crippen LogP contribution >= 0.6 is 36.2 Å². The van der Waals surface area contributed by atoms with Crippen LogP contribution in [-0.2, 0) is 20.0 Å². The second-order valence-electron chi connectivity index (χ2n) is 6.76. The monoisotopic (exact) mass is 486 g/mol. The van der Waals surface area contributed by atoms with Crippen molar-refractivity contribution in [2.75, 3.05) is 26.1 Å². The Balaban J connectivity index is 2.47. The van der Waals surface area contributed by atoms with Gasteiger partial charge in [0, 0.05) is 28.7 Å². The van der Waals surface area contributed by atoms with Crippen molar-refractivity contribution < 1.29 is 28.9 Å². The number of hydrogen-bond acceptors (Lipinski definition) is 9. The normalized spacial score (nSPS) is 19.6. The Bertz CT molecular complexity index is 877. The maximum atomic E-state index is 13.0. The van der Waals surface area contributed by atoms with Crippen LogP contribution < -0.4 is 15.4 Å². The zero-order valence-electron chi connectivity index (χ0n) is 17.8. The number of rotatable bonds is 4. The molecule has 0 aromatic heterocycles. The van der Waals surface area contributed by atoms with E-state index in [1.807, 2.05) is 0 Å². The number of nitrogens with one attached hydrogen (secondary N) is 2. The minimum absolute atomic E-state index is 0.0838. The number of thioether (sulfide) groups is 1. The molecule has 0 unspecified atom stereocenters. The second kappa shape index (κ2) is 11.5. The molecule has 1 aromatic rings. The van der Waals surface area contributed by atoms with Crippen molar-refractivity contribution in [3.05, 3.63) is 22.8 Å². The van der Waals surface area contributed by atoms with Crippen LogP contribution in [0.25, 0.3) is 0 Å². The summed E-state index contributed by atoms with van der Waals surface area (Å²) in [5.41, 5.74) is 1.19. The van der Waals surface area contributed by atoms with E-state index >= 15 is 0 Å². The Morgan fingerprint density at radius 3 is 2.81 bits per heavy atom. The molecule has 1 aromatic carbocycles. The van der Waals surface area contributed by atoms with Crippen LogP contribution in [0.2, 0.25) is 0 Å². The number of carbonyl (C=O) groups is 2. The highest BCUT2D eigenvalue weighted by atomic mass is 32.2. The van der Waals surface area contributed by atoms with Crippen LogP contribution in [0.1, 0.15) is 35.3 Å². The summed E-state index contributed by atoms with van der Waals surface area (Å²) >= 11 is 11.9. The maximum absolute atomic E-state index is 13.0. The van der Waals surface area contributed by atoms with E-state index < -0.39 is 24.0 Å². The Kier molecular flexibility index (Phi) is 9.32. The van der Waals surface area contributed by atoms with Gasteiger partial charge >= 0.3 is 11.9 Å². The van der Waals surface area contributed by atoms with Gasteiger partial charge in [0.1, 0.15) is 35.2 Å². The number of methoxy groups -OCH3 is 1. The molecule has 0 spiro atoms. The lowest BCUT2D eigenvalue weighted by molar-refractivity contribution is -0.144. The third-order valence-electron chi connectivity index (χ3n) is 4.54. The molecule has 0 saturated heterocycles. The average molecular weight is 487 g/mol. The summed E-state index contributed by atoms with van der Waals surface area (Å²) in [5.74, 6) is -0.190. The zero-order chi connectivity index (χ0) is 23.1. The Morgan fingerprint density at radius 2 is 2.19 bits per heavy atom. The van der Waals surface area contributed by atoms with Gasteiger partial charge in [0.25, 0.3) is 0 Å². The standard InChI is InChI=1S/C20H26N2O6S3/c1-5-27-19(24)14-9-31-8-12-15(23)6-16(26-4)10(2)17(12)20(25)28-7-13(18(30)22-14)21-11(3)29/h6,13-14,23H,5,7-9H2,1-4H3,(H,21,29)(H,22,30)/t13-,14-/m0/s1. The predicted octanol–water partition coefficient (Wildman–Crippen LogP) is 2.27. The molecule has 0 amide bonds. The summed E-state index contributed by atoms with van der Waals surface area (Å²) in [5, 5.41) is 16.5. The van der Waals surface area contributed by atoms with Crippen LogP contribution in [0.4, 0.5) is 0 Å². The molecule has 1 aliphatic heterocycles. The average Bonchev–Trinajstić information content (AvgIpc) is 2.71. The van der Waals surface area contributed by atoms with Gasteiger partial charge in [0.05, 0.1) is 24.3 Å². The number of aromatic hydroxyl groups is 1. The van der Waals surface area contributed by atoms with Crippen molar-refractivity contribution in [1.29, 1.82) is 0 Å². The molecule has 11 heteroatoms. The number of fused-ring (bicyclic) bond motifs is 1. The molecule has 0 bridgehead atoms. The first-order chi connectivity index (χ1) is 14.7. The molecule has 0 fully saturated rings. The molecular weight excluding hydrogens is 460 g/mol. The van der Waals surface area contributed by atoms with E-state index in [-0.39, 0.29) is 35.3 Å². The highest BCUT2D eigenvalue weighted by Gasteiger charge is 2.29. The third-order valence-corrected chi connectivity index (χ3v) is 6.12. The van der Waals surface area contributed by atoms with Crippen molar-refractivity contribution in [2.24, 2.45) is 0 Å². The van der Waals surface area contributed by atoms with Gasteiger partial charge in [-0.25, -0.2) is 9.59 Å². The maximum Gasteiger partial charge on any atom is 0.339 e. The molecule has 3 N–H and O–H groups in total. The van der Waals surface area contributed by atoms with Crippen LogP contribution in [0.5, 0.6) is 11.5 Å². The highest BCUT2D eigenvalue weighted by molar-refractivity contribution is 7.98. The Morgan fingerprint density at radius 1 is 1.48 bits per heavy atom. The van der Waals surface area contributed by atoms with Gasteiger partial charge < -0.3 is 30.0 Å². The first kappa shape index (κ1) is 25.2. The number of esters is 2. The van der Waals surface area contributed by atoms with Gasteiger partial charge in [0.2, 0.25) is 0 Å². The van der Waals surface area contributed by atoms with E-state index in [2.05, 4.69) is 10.6 Å². The predicted molar refractivity (Wildman–Crippen MR) is 127 cm³/mol. The largest absolute Gasteiger partial charge is 0.507 e. The van der Waals surface area contributed by atoms with Crippen molar-refractivity contribution in [3.63, 3.8) is 0 Å². The number of carbonyl (C=O) groups excluding carboxylic acids is 2. The molecule has 2 atom stereocenters. The number of phenolic OH excluding ortho intramolecular Hbond substituents is 1. The van der Waals surface area contributed by atoms with Crippen LogP contribution in [-0.4, -0.2) is 65.2 Å². The summed E-state index contributed by atoms with van der Waals surface area (Å²) in [6.07, 6.45) is 0. The first-order valence-corrected chi connectivity index (χ1v) is 11.5. The van der Waals surface area contributed by atoms with Crippen molar-refractivity contribution in [3.8, 4) is 11.5 Å². The third kappa shape index (κ3) is 6.44. The van der Waals surface area contributed by atoms with E-state index in [1.54, 1.807) is 20.8 Å². The molecule has 170 valence electrons. The molecule has 1 aliphatic rings. The molecule has 0 radical (unpaired) electrons. The molecule has 8 nitrogen and oxygen atoms in total. The number of cyclic esters (lactones) is 1. The van der Waals surface area contributed by atoms with Crippen molar-refractivity contribution >= 4 is 58.1 Å². The van der Waals surface area contributed by atoms with Crippen molar-refractivity contribution in [1.82, 2.24) is 10.6 Å². The summed E-state index contributed by atoms with van der Waals surface area (Å²) < 4.78 is 16.0. The lowest BCUT2D eigenvalue weighted by Gasteiger charge is -2.26. The number of hydrogen-bond donors (Lipinski definition) is 3. The van der Waals surface area contributed by atoms with Gasteiger partial charge in [-0.2, -0.15) is 11.8 Å². The molecular formula is C20H26N2O6S3. The van der Waals surface area contributed by atoms with Crippen LogP contribution in [0.15, 0.2) is 6.07 Å². The Labute approximate surface area is 196 Å². The van der Waals surface area contributed by atoms with Gasteiger partial charge in [0.15, 0.2) is 0 Å². The van der Waals surface area contributed by atoms with Gasteiger partial charge in [-0.1, -0.05) is 24.4 Å². The lowest BCUT2D eigenvalue weighted by atomic mass is 10.0. The van der Waals surface area contributed by atoms with Gasteiger partial charge in [-0.3, -0.25) is 0 Å². The number of benzene rings is 1. The first-order valence-electron chi connectivity index (χ1n) is 9.57. The smallest absolute Gasteiger partial charge is 0.339 e. The number of phenols is 1. The molecule has 2 rings (SSSR count). The van der Waals surface area contributed by atoms with Crippen LogP contribution in [0.3, 0.4) is 0 Å². The molecule has 1 heterocycles. The molecule has 0 saturated carbocycles. The SMILES string of the molecule is CCOC(=O)[C@@H]1CSCc2c(O)cc(OC)c(C)c2C(=O)OC[C@H](NC(C)=S)C(=S)N1. The summed E-state index contributed by atoms with van der Waals surface area (Å²) in [4.78, 5) is 26.1. The summed E-state index contributed by atoms with van der Waals surface area (Å²) in [6, 6.07) is 0.109. The number of thiocarbonyl (C=S) groups is 2. The minimum Gasteiger partial charge on any atom is -0.507 e. The Hall–Kier alpha value is -2.11. The number of ether oxygens (including phenoxy) is 3. The summed E-state index contributed by atoms with van der Waals surface area (Å²) in [7, 11) is 1.46. The highest BCUT2D eigenvalue weighted by Crippen LogP contribution is 2.35. The fraction of sp³-hybridized carbons (Fsp3) is 0.500. The topological polar surface area (TPSA) is 106 Å². The fourth-order valence-corrected chi connectivity index (χ4v) is 4.53. The van der Waals surface area contributed by atoms with Gasteiger partial charge in [-0.15, -0.1) is 0 Å². The quantitative estimate of drug-likeness (QED) is 0.431. The van der Waals surface area contributed by atoms with Crippen LogP contribution in [0, 0.1) is 6.92 Å². The minimum atomic E-state index is -0.716. The zero-order valence-corrected chi connectivity index (χ0v) is 20.2. The van der Waals surface area contributed by atoms with Gasteiger partial charge in [-0.05, 0) is 20.8 Å². The van der Waals surface area contributed by atoms with E-state index in [0.717, 1.165) is 0 Å². The molecule has 31 heavy (non-hydrogen) atoms. The van der Waals surface area contributed by atoms with E-state index in [1.165, 1.54) is 24.9 Å².